The summed E-state index contributed by atoms with van der Waals surface area (Å²) in [5.74, 6) is 0. The van der Waals surface area contributed by atoms with Crippen LogP contribution in [0.4, 0.5) is 5.69 Å². The van der Waals surface area contributed by atoms with Crippen LogP contribution in [0.25, 0.3) is 0 Å². The highest BCUT2D eigenvalue weighted by molar-refractivity contribution is 14.1. The number of benzene rings is 1. The highest BCUT2D eigenvalue weighted by Gasteiger charge is 2.14. The fraction of sp³-hybridized carbons (Fsp3) is 0.455. The van der Waals surface area contributed by atoms with Crippen molar-refractivity contribution < 1.29 is 0 Å². The van der Waals surface area contributed by atoms with E-state index in [0.29, 0.717) is 0 Å². The maximum absolute atomic E-state index is 2.36. The van der Waals surface area contributed by atoms with Crippen molar-refractivity contribution in [3.8, 4) is 0 Å². The van der Waals surface area contributed by atoms with Crippen LogP contribution in [0.2, 0.25) is 0 Å². The van der Waals surface area contributed by atoms with Gasteiger partial charge in [0.2, 0.25) is 0 Å². The summed E-state index contributed by atoms with van der Waals surface area (Å²) >= 11 is 2.36. The van der Waals surface area contributed by atoms with E-state index in [1.807, 2.05) is 26.0 Å². The van der Waals surface area contributed by atoms with Crippen LogP contribution >= 0.6 is 22.9 Å². The number of rotatable bonds is 0. The lowest BCUT2D eigenvalue weighted by Crippen LogP contribution is -2.02. The van der Waals surface area contributed by atoms with Gasteiger partial charge in [0.05, 0.1) is 22.9 Å². The first-order valence-corrected chi connectivity index (χ1v) is 5.70. The summed E-state index contributed by atoms with van der Waals surface area (Å²) in [5, 5.41) is 0. The molecule has 1 aromatic carbocycles. The molecule has 0 aliphatic carbocycles. The first kappa shape index (κ1) is 11.8. The molecular formula is C11H17IN2. The fourth-order valence-corrected chi connectivity index (χ4v) is 2.01. The first-order chi connectivity index (χ1) is 6.61. The molecule has 3 heteroatoms. The summed E-state index contributed by atoms with van der Waals surface area (Å²) in [6.45, 7) is 1.17. The summed E-state index contributed by atoms with van der Waals surface area (Å²) in [5.41, 5.74) is 2.88. The van der Waals surface area contributed by atoms with Gasteiger partial charge in [0.25, 0.3) is 0 Å². The van der Waals surface area contributed by atoms with Crippen LogP contribution in [0.3, 0.4) is 0 Å². The molecule has 0 spiro atoms. The van der Waals surface area contributed by atoms with Gasteiger partial charge in [-0.15, -0.1) is 0 Å². The number of hydrogen-bond donors (Lipinski definition) is 0. The Hall–Kier alpha value is -0.290. The molecule has 78 valence electrons. The maximum atomic E-state index is 2.36. The molecule has 0 amide bonds. The number of anilines is 1. The van der Waals surface area contributed by atoms with Gasteiger partial charge in [-0.3, -0.25) is 0 Å². The molecule has 0 saturated heterocycles. The second kappa shape index (κ2) is 5.56. The third kappa shape index (κ3) is 3.46. The minimum atomic E-state index is 1.17. The Morgan fingerprint density at radius 2 is 1.79 bits per heavy atom. The zero-order valence-electron chi connectivity index (χ0n) is 9.00. The van der Waals surface area contributed by atoms with E-state index < -0.39 is 0 Å². The largest absolute Gasteiger partial charge is 0.314 e. The lowest BCUT2D eigenvalue weighted by Gasteiger charge is -2.06. The Morgan fingerprint density at radius 3 is 2.36 bits per heavy atom. The van der Waals surface area contributed by atoms with Crippen LogP contribution < -0.4 is 3.11 Å². The Morgan fingerprint density at radius 1 is 1.21 bits per heavy atom. The molecule has 0 saturated carbocycles. The van der Waals surface area contributed by atoms with E-state index in [1.165, 1.54) is 24.2 Å². The average molecular weight is 304 g/mol. The van der Waals surface area contributed by atoms with Gasteiger partial charge in [0.15, 0.2) is 0 Å². The summed E-state index contributed by atoms with van der Waals surface area (Å²) in [7, 11) is 6.00. The number of hydrogen-bond acceptors (Lipinski definition) is 2. The van der Waals surface area contributed by atoms with Gasteiger partial charge in [-0.1, -0.05) is 18.2 Å². The quantitative estimate of drug-likeness (QED) is 0.537. The predicted molar refractivity (Wildman–Crippen MR) is 71.1 cm³/mol. The zero-order valence-corrected chi connectivity index (χ0v) is 11.2. The normalized spacial score (nSPS) is 13.6. The van der Waals surface area contributed by atoms with Gasteiger partial charge in [0, 0.05) is 12.2 Å². The molecule has 1 heterocycles. The SMILES string of the molecule is CN(C)C.IN1CCc2ccccc21. The topological polar surface area (TPSA) is 6.48 Å². The second-order valence-electron chi connectivity index (χ2n) is 3.81. The van der Waals surface area contributed by atoms with E-state index in [4.69, 9.17) is 0 Å². The molecular weight excluding hydrogens is 287 g/mol. The van der Waals surface area contributed by atoms with Crippen molar-refractivity contribution in [3.05, 3.63) is 29.8 Å². The Bertz CT molecular complexity index is 284. The molecule has 2 nitrogen and oxygen atoms in total. The van der Waals surface area contributed by atoms with Crippen molar-refractivity contribution in [2.24, 2.45) is 0 Å². The van der Waals surface area contributed by atoms with Crippen LogP contribution in [-0.4, -0.2) is 32.6 Å². The molecule has 0 N–H and O–H groups in total. The molecule has 0 bridgehead atoms. The van der Waals surface area contributed by atoms with Crippen molar-refractivity contribution in [3.63, 3.8) is 0 Å². The molecule has 0 atom stereocenters. The van der Waals surface area contributed by atoms with E-state index in [0.717, 1.165) is 0 Å². The minimum absolute atomic E-state index is 1.17. The number of para-hydroxylation sites is 1. The predicted octanol–water partition coefficient (Wildman–Crippen LogP) is 2.58. The van der Waals surface area contributed by atoms with Crippen molar-refractivity contribution in [2.45, 2.75) is 6.42 Å². The van der Waals surface area contributed by atoms with Gasteiger partial charge in [-0.05, 0) is 39.2 Å². The van der Waals surface area contributed by atoms with Crippen molar-refractivity contribution in [2.75, 3.05) is 30.8 Å². The van der Waals surface area contributed by atoms with Crippen LogP contribution in [0.1, 0.15) is 5.56 Å². The number of halogens is 1. The molecule has 14 heavy (non-hydrogen) atoms. The lowest BCUT2D eigenvalue weighted by atomic mass is 10.2. The summed E-state index contributed by atoms with van der Waals surface area (Å²) in [6.07, 6.45) is 1.21. The molecule has 1 aromatic rings. The fourth-order valence-electron chi connectivity index (χ4n) is 1.30. The standard InChI is InChI=1S/C8H8IN.C3H9N/c9-10-6-5-7-3-1-2-4-8(7)10;1-4(2)3/h1-4H,5-6H2;1-3H3. The van der Waals surface area contributed by atoms with Crippen LogP contribution in [0.5, 0.6) is 0 Å². The minimum Gasteiger partial charge on any atom is -0.314 e. The van der Waals surface area contributed by atoms with Gasteiger partial charge in [-0.25, -0.2) is 0 Å². The molecule has 1 aliphatic rings. The summed E-state index contributed by atoms with van der Waals surface area (Å²) in [6, 6.07) is 8.58. The van der Waals surface area contributed by atoms with Crippen molar-refractivity contribution in [1.29, 1.82) is 0 Å². The molecule has 0 aromatic heterocycles. The smallest absolute Gasteiger partial charge is 0.0591 e. The molecule has 0 unspecified atom stereocenters. The van der Waals surface area contributed by atoms with Crippen LogP contribution in [0, 0.1) is 0 Å². The highest BCUT2D eigenvalue weighted by Crippen LogP contribution is 2.29. The Kier molecular flexibility index (Phi) is 4.68. The molecule has 0 radical (unpaired) electrons. The van der Waals surface area contributed by atoms with E-state index >= 15 is 0 Å². The molecule has 1 aliphatic heterocycles. The van der Waals surface area contributed by atoms with Crippen molar-refractivity contribution >= 4 is 28.6 Å². The van der Waals surface area contributed by atoms with E-state index in [2.05, 4.69) is 50.2 Å². The second-order valence-corrected chi connectivity index (χ2v) is 4.97. The molecule has 0 fully saturated rings. The van der Waals surface area contributed by atoms with Crippen LogP contribution in [0.15, 0.2) is 24.3 Å². The number of fused-ring (bicyclic) bond motifs is 1. The Labute approximate surface area is 100 Å². The monoisotopic (exact) mass is 304 g/mol. The lowest BCUT2D eigenvalue weighted by molar-refractivity contribution is 0.505. The van der Waals surface area contributed by atoms with Crippen LogP contribution in [-0.2, 0) is 6.42 Å². The van der Waals surface area contributed by atoms with Gasteiger partial charge in [-0.2, -0.15) is 0 Å². The van der Waals surface area contributed by atoms with Gasteiger partial charge in [0.1, 0.15) is 0 Å². The summed E-state index contributed by atoms with van der Waals surface area (Å²) < 4.78 is 2.27. The maximum Gasteiger partial charge on any atom is 0.0591 e. The third-order valence-corrected chi connectivity index (χ3v) is 2.83. The van der Waals surface area contributed by atoms with E-state index in [9.17, 15) is 0 Å². The van der Waals surface area contributed by atoms with E-state index in [1.54, 1.807) is 0 Å². The third-order valence-electron chi connectivity index (χ3n) is 1.83. The van der Waals surface area contributed by atoms with Crippen molar-refractivity contribution in [1.82, 2.24) is 4.90 Å². The highest BCUT2D eigenvalue weighted by atomic mass is 127. The number of nitrogens with zero attached hydrogens (tertiary/aromatic N) is 2. The Balaban J connectivity index is 0.000000213. The zero-order chi connectivity index (χ0) is 10.6. The van der Waals surface area contributed by atoms with E-state index in [-0.39, 0.29) is 0 Å². The van der Waals surface area contributed by atoms with Gasteiger partial charge < -0.3 is 8.01 Å². The summed E-state index contributed by atoms with van der Waals surface area (Å²) in [4.78, 5) is 2.00. The molecule has 2 rings (SSSR count). The first-order valence-electron chi connectivity index (χ1n) is 4.73. The average Bonchev–Trinajstić information content (AvgIpc) is 2.48. The van der Waals surface area contributed by atoms with Gasteiger partial charge >= 0.3 is 0 Å².